The van der Waals surface area contributed by atoms with Crippen LogP contribution in [-0.4, -0.2) is 47.1 Å². The fourth-order valence-corrected chi connectivity index (χ4v) is 2.36. The minimum absolute atomic E-state index is 0.194. The highest BCUT2D eigenvalue weighted by Crippen LogP contribution is 2.45. The largest absolute Gasteiger partial charge is 0.464 e. The molecule has 6 nitrogen and oxygen atoms in total. The van der Waals surface area contributed by atoms with E-state index in [-0.39, 0.29) is 5.69 Å². The fraction of sp³-hybridized carbons (Fsp3) is 0.583. The lowest BCUT2D eigenvalue weighted by Crippen LogP contribution is -2.63. The van der Waals surface area contributed by atoms with Crippen molar-refractivity contribution in [1.82, 2.24) is 10.2 Å². The van der Waals surface area contributed by atoms with Crippen molar-refractivity contribution in [1.29, 1.82) is 0 Å². The molecule has 18 heavy (non-hydrogen) atoms. The molecule has 3 rings (SSSR count). The van der Waals surface area contributed by atoms with E-state index >= 15 is 0 Å². The number of carbonyl (C=O) groups is 1. The molecule has 2 fully saturated rings. The summed E-state index contributed by atoms with van der Waals surface area (Å²) in [5.74, 6) is 0.649. The van der Waals surface area contributed by atoms with Gasteiger partial charge in [-0.3, -0.25) is 0 Å². The summed E-state index contributed by atoms with van der Waals surface area (Å²) in [5, 5.41) is 18.0. The first kappa shape index (κ1) is 11.4. The molecule has 2 aliphatic rings. The fourth-order valence-electron chi connectivity index (χ4n) is 2.36. The number of ether oxygens (including phenoxy) is 1. The van der Waals surface area contributed by atoms with Crippen molar-refractivity contribution in [3.05, 3.63) is 17.8 Å². The maximum Gasteiger partial charge on any atom is 0.358 e. The van der Waals surface area contributed by atoms with Crippen molar-refractivity contribution in [3.63, 3.8) is 0 Å². The number of methoxy groups -OCH3 is 1. The van der Waals surface area contributed by atoms with E-state index in [4.69, 9.17) is 0 Å². The average Bonchev–Trinajstić information content (AvgIpc) is 3.19. The summed E-state index contributed by atoms with van der Waals surface area (Å²) in [6, 6.07) is 3.31. The SMILES string of the molecule is COC(=O)c1ccc(N2CC(O)(C3CC3)C2)nn1. The molecule has 0 radical (unpaired) electrons. The smallest absolute Gasteiger partial charge is 0.358 e. The normalized spacial score (nSPS) is 21.3. The van der Waals surface area contributed by atoms with E-state index in [2.05, 4.69) is 14.9 Å². The third-order valence-electron chi connectivity index (χ3n) is 3.64. The first-order valence-electron chi connectivity index (χ1n) is 6.02. The van der Waals surface area contributed by atoms with E-state index in [1.807, 2.05) is 4.90 Å². The molecule has 0 aromatic carbocycles. The zero-order valence-corrected chi connectivity index (χ0v) is 10.2. The monoisotopic (exact) mass is 249 g/mol. The quantitative estimate of drug-likeness (QED) is 0.773. The van der Waals surface area contributed by atoms with Crippen molar-refractivity contribution in [2.24, 2.45) is 5.92 Å². The summed E-state index contributed by atoms with van der Waals surface area (Å²) in [4.78, 5) is 13.2. The van der Waals surface area contributed by atoms with Crippen LogP contribution in [0.3, 0.4) is 0 Å². The summed E-state index contributed by atoms with van der Waals surface area (Å²) in [7, 11) is 1.31. The predicted molar refractivity (Wildman–Crippen MR) is 63.3 cm³/mol. The van der Waals surface area contributed by atoms with Crippen LogP contribution in [0.4, 0.5) is 5.82 Å². The Balaban J connectivity index is 1.66. The third kappa shape index (κ3) is 1.82. The average molecular weight is 249 g/mol. The van der Waals surface area contributed by atoms with E-state index < -0.39 is 11.6 Å². The van der Waals surface area contributed by atoms with E-state index in [1.165, 1.54) is 7.11 Å². The lowest BCUT2D eigenvalue weighted by atomic mass is 9.89. The predicted octanol–water partition coefficient (Wildman–Crippen LogP) is 0.224. The zero-order chi connectivity index (χ0) is 12.8. The summed E-state index contributed by atoms with van der Waals surface area (Å²) in [5.41, 5.74) is -0.345. The van der Waals surface area contributed by atoms with Gasteiger partial charge >= 0.3 is 5.97 Å². The lowest BCUT2D eigenvalue weighted by molar-refractivity contribution is -0.00984. The number of rotatable bonds is 3. The number of aliphatic hydroxyl groups is 1. The summed E-state index contributed by atoms with van der Waals surface area (Å²) < 4.78 is 4.55. The molecule has 6 heteroatoms. The van der Waals surface area contributed by atoms with E-state index in [9.17, 15) is 9.90 Å². The van der Waals surface area contributed by atoms with Crippen LogP contribution in [0.2, 0.25) is 0 Å². The van der Waals surface area contributed by atoms with E-state index in [1.54, 1.807) is 12.1 Å². The van der Waals surface area contributed by atoms with Gasteiger partial charge in [0.05, 0.1) is 20.2 Å². The number of β-amino-alcohol motifs (C(OH)–C–C–N with tert-alkyl or cyclic N) is 1. The lowest BCUT2D eigenvalue weighted by Gasteiger charge is -2.47. The van der Waals surface area contributed by atoms with Crippen LogP contribution in [0.5, 0.6) is 0 Å². The molecular weight excluding hydrogens is 234 g/mol. The Morgan fingerprint density at radius 3 is 2.67 bits per heavy atom. The van der Waals surface area contributed by atoms with Gasteiger partial charge in [-0.25, -0.2) is 4.79 Å². The van der Waals surface area contributed by atoms with Crippen molar-refractivity contribution in [2.75, 3.05) is 25.1 Å². The minimum atomic E-state index is -0.539. The summed E-state index contributed by atoms with van der Waals surface area (Å²) in [6.07, 6.45) is 2.24. The summed E-state index contributed by atoms with van der Waals surface area (Å²) in [6.45, 7) is 1.20. The van der Waals surface area contributed by atoms with Gasteiger partial charge in [0.15, 0.2) is 11.5 Å². The molecule has 0 bridgehead atoms. The Morgan fingerprint density at radius 2 is 2.17 bits per heavy atom. The molecule has 96 valence electrons. The van der Waals surface area contributed by atoms with Gasteiger partial charge in [-0.05, 0) is 30.9 Å². The number of aromatic nitrogens is 2. The second kappa shape index (κ2) is 3.91. The van der Waals surface area contributed by atoms with Gasteiger partial charge in [0.25, 0.3) is 0 Å². The molecule has 2 heterocycles. The van der Waals surface area contributed by atoms with Crippen molar-refractivity contribution in [3.8, 4) is 0 Å². The Bertz CT molecular complexity index is 464. The molecule has 1 aliphatic carbocycles. The summed E-state index contributed by atoms with van der Waals surface area (Å²) >= 11 is 0. The maximum absolute atomic E-state index is 11.2. The van der Waals surface area contributed by atoms with Gasteiger partial charge in [0.1, 0.15) is 5.60 Å². The molecule has 1 saturated carbocycles. The highest BCUT2D eigenvalue weighted by atomic mass is 16.5. The molecule has 0 atom stereocenters. The van der Waals surface area contributed by atoms with Gasteiger partial charge in [0, 0.05) is 0 Å². The second-order valence-electron chi connectivity index (χ2n) is 5.00. The Hall–Kier alpha value is -1.69. The standard InChI is InChI=1S/C12H15N3O3/c1-18-11(16)9-4-5-10(14-13-9)15-6-12(17,7-15)8-2-3-8/h4-5,8,17H,2-3,6-7H2,1H3. The molecule has 0 unspecified atom stereocenters. The van der Waals surface area contributed by atoms with Crippen molar-refractivity contribution in [2.45, 2.75) is 18.4 Å². The van der Waals surface area contributed by atoms with Gasteiger partial charge in [-0.1, -0.05) is 0 Å². The van der Waals surface area contributed by atoms with Crippen LogP contribution in [0.15, 0.2) is 12.1 Å². The van der Waals surface area contributed by atoms with Crippen LogP contribution in [0.1, 0.15) is 23.3 Å². The molecule has 1 N–H and O–H groups in total. The van der Waals surface area contributed by atoms with Crippen molar-refractivity contribution >= 4 is 11.8 Å². The third-order valence-corrected chi connectivity index (χ3v) is 3.64. The molecule has 1 saturated heterocycles. The van der Waals surface area contributed by atoms with Crippen LogP contribution >= 0.6 is 0 Å². The van der Waals surface area contributed by atoms with Gasteiger partial charge in [0.2, 0.25) is 0 Å². The Kier molecular flexibility index (Phi) is 2.48. The number of carbonyl (C=O) groups excluding carboxylic acids is 1. The highest BCUT2D eigenvalue weighted by molar-refractivity contribution is 5.87. The number of esters is 1. The first-order chi connectivity index (χ1) is 8.62. The highest BCUT2D eigenvalue weighted by Gasteiger charge is 2.52. The van der Waals surface area contributed by atoms with Crippen LogP contribution in [0.25, 0.3) is 0 Å². The van der Waals surface area contributed by atoms with Gasteiger partial charge in [-0.15, -0.1) is 10.2 Å². The minimum Gasteiger partial charge on any atom is -0.464 e. The van der Waals surface area contributed by atoms with Gasteiger partial charge < -0.3 is 14.7 Å². The second-order valence-corrected chi connectivity index (χ2v) is 5.00. The van der Waals surface area contributed by atoms with Crippen LogP contribution < -0.4 is 4.90 Å². The Labute approximate surface area is 105 Å². The molecule has 1 aromatic rings. The maximum atomic E-state index is 11.2. The van der Waals surface area contributed by atoms with Gasteiger partial charge in [-0.2, -0.15) is 0 Å². The van der Waals surface area contributed by atoms with E-state index in [0.29, 0.717) is 24.8 Å². The Morgan fingerprint density at radius 1 is 1.44 bits per heavy atom. The molecule has 1 aromatic heterocycles. The molecule has 0 amide bonds. The van der Waals surface area contributed by atoms with E-state index in [0.717, 1.165) is 12.8 Å². The topological polar surface area (TPSA) is 75.5 Å². The zero-order valence-electron chi connectivity index (χ0n) is 10.2. The van der Waals surface area contributed by atoms with Crippen LogP contribution in [0, 0.1) is 5.92 Å². The molecular formula is C12H15N3O3. The number of hydrogen-bond acceptors (Lipinski definition) is 6. The first-order valence-corrected chi connectivity index (χ1v) is 6.02. The molecule has 1 aliphatic heterocycles. The van der Waals surface area contributed by atoms with Crippen LogP contribution in [-0.2, 0) is 4.74 Å². The van der Waals surface area contributed by atoms with Crippen molar-refractivity contribution < 1.29 is 14.6 Å². The number of nitrogens with zero attached hydrogens (tertiary/aromatic N) is 3. The number of hydrogen-bond donors (Lipinski definition) is 1. The molecule has 0 spiro atoms. The number of anilines is 1.